The Morgan fingerprint density at radius 1 is 0.939 bits per heavy atom. The van der Waals surface area contributed by atoms with Crippen molar-refractivity contribution in [1.82, 2.24) is 10.2 Å². The molecule has 0 unspecified atom stereocenters. The van der Waals surface area contributed by atoms with Gasteiger partial charge in [0.1, 0.15) is 6.10 Å². The molecule has 33 heavy (non-hydrogen) atoms. The van der Waals surface area contributed by atoms with Gasteiger partial charge in [0.15, 0.2) is 0 Å². The Hall–Kier alpha value is -2.88. The summed E-state index contributed by atoms with van der Waals surface area (Å²) in [6.45, 7) is 2.98. The number of nitro groups is 1. The summed E-state index contributed by atoms with van der Waals surface area (Å²) >= 11 is 3.17. The maximum Gasteiger partial charge on any atom is 0.407 e. The van der Waals surface area contributed by atoms with E-state index in [4.69, 9.17) is 4.74 Å². The van der Waals surface area contributed by atoms with Crippen LogP contribution in [0, 0.1) is 10.1 Å². The molecule has 0 radical (unpaired) electrons. The molecule has 4 rings (SSSR count). The quantitative estimate of drug-likeness (QED) is 0.331. The number of hydrogen-bond acceptors (Lipinski definition) is 5. The number of nitrogens with zero attached hydrogens (tertiary/aromatic N) is 2. The molecule has 1 atom stereocenters. The summed E-state index contributed by atoms with van der Waals surface area (Å²) in [5.74, 6) is 0. The number of hydrogen-bond donors (Lipinski definition) is 1. The van der Waals surface area contributed by atoms with Gasteiger partial charge in [-0.25, -0.2) is 4.79 Å². The Bertz CT molecular complexity index is 966. The van der Waals surface area contributed by atoms with Gasteiger partial charge >= 0.3 is 6.09 Å². The molecule has 3 aromatic rings. The molecule has 1 aliphatic rings. The van der Waals surface area contributed by atoms with E-state index in [2.05, 4.69) is 50.4 Å². The van der Waals surface area contributed by atoms with Crippen molar-refractivity contribution in [1.29, 1.82) is 0 Å². The smallest absolute Gasteiger partial charge is 0.407 e. The minimum absolute atomic E-state index is 0. The molecule has 1 amide bonds. The van der Waals surface area contributed by atoms with Crippen LogP contribution in [0.5, 0.6) is 0 Å². The molecule has 1 heterocycles. The molecule has 174 valence electrons. The van der Waals surface area contributed by atoms with Gasteiger partial charge in [-0.3, -0.25) is 15.0 Å². The summed E-state index contributed by atoms with van der Waals surface area (Å²) in [5.41, 5.74) is 2.63. The van der Waals surface area contributed by atoms with Crippen molar-refractivity contribution < 1.29 is 14.5 Å². The second kappa shape index (κ2) is 13.6. The Morgan fingerprint density at radius 2 is 1.45 bits per heavy atom. The van der Waals surface area contributed by atoms with Crippen LogP contribution in [0.3, 0.4) is 0 Å². The number of nitro benzene ring substituents is 1. The molecule has 0 aromatic heterocycles. The lowest BCUT2D eigenvalue weighted by Crippen LogP contribution is -2.33. The van der Waals surface area contributed by atoms with Gasteiger partial charge in [0.2, 0.25) is 0 Å². The number of carbonyl (C=O) groups is 1. The van der Waals surface area contributed by atoms with Crippen molar-refractivity contribution in [2.24, 2.45) is 0 Å². The van der Waals surface area contributed by atoms with E-state index in [0.717, 1.165) is 24.1 Å². The number of amides is 1. The predicted molar refractivity (Wildman–Crippen MR) is 136 cm³/mol. The fourth-order valence-electron chi connectivity index (χ4n) is 3.25. The SMILES string of the molecule is O=C1NC[C@@H](CN(Cc2ccccc2)Cc2ccccc2)O1.O=[N+]([O-])c1ccc(Br)cc1.S. The van der Waals surface area contributed by atoms with Gasteiger partial charge in [-0.05, 0) is 23.3 Å². The van der Waals surface area contributed by atoms with Crippen LogP contribution in [0.4, 0.5) is 10.5 Å². The molecule has 3 aromatic carbocycles. The van der Waals surface area contributed by atoms with Gasteiger partial charge in [0, 0.05) is 36.2 Å². The first-order valence-corrected chi connectivity index (χ1v) is 10.9. The normalized spacial score (nSPS) is 14.4. The van der Waals surface area contributed by atoms with Crippen molar-refractivity contribution in [3.05, 3.63) is 111 Å². The third-order valence-corrected chi connectivity index (χ3v) is 5.27. The van der Waals surface area contributed by atoms with E-state index in [0.29, 0.717) is 6.54 Å². The minimum atomic E-state index is -0.424. The van der Waals surface area contributed by atoms with Crippen molar-refractivity contribution >= 4 is 41.2 Å². The summed E-state index contributed by atoms with van der Waals surface area (Å²) in [6.07, 6.45) is -0.399. The van der Waals surface area contributed by atoms with Crippen molar-refractivity contribution in [3.63, 3.8) is 0 Å². The van der Waals surface area contributed by atoms with E-state index in [1.165, 1.54) is 23.3 Å². The summed E-state index contributed by atoms with van der Waals surface area (Å²) in [5, 5.41) is 12.8. The van der Waals surface area contributed by atoms with Crippen LogP contribution in [0.15, 0.2) is 89.4 Å². The average molecular weight is 532 g/mol. The molecule has 0 aliphatic carbocycles. The number of cyclic esters (lactones) is 1. The average Bonchev–Trinajstić information content (AvgIpc) is 3.20. The fourth-order valence-corrected chi connectivity index (χ4v) is 3.52. The molecule has 7 nitrogen and oxygen atoms in total. The highest BCUT2D eigenvalue weighted by Crippen LogP contribution is 2.15. The van der Waals surface area contributed by atoms with Crippen LogP contribution in [0.25, 0.3) is 0 Å². The first kappa shape index (κ1) is 26.4. The number of nitrogens with one attached hydrogen (secondary N) is 1. The molecule has 1 fully saturated rings. The zero-order chi connectivity index (χ0) is 22.8. The lowest BCUT2D eigenvalue weighted by molar-refractivity contribution is -0.384. The Labute approximate surface area is 208 Å². The number of benzene rings is 3. The van der Waals surface area contributed by atoms with E-state index in [1.54, 1.807) is 12.1 Å². The van der Waals surface area contributed by atoms with Gasteiger partial charge in [0.05, 0.1) is 11.5 Å². The summed E-state index contributed by atoms with van der Waals surface area (Å²) in [6, 6.07) is 26.9. The molecule has 1 saturated heterocycles. The number of carbonyl (C=O) groups excluding carboxylic acids is 1. The number of alkyl carbamates (subject to hydrolysis) is 1. The van der Waals surface area contributed by atoms with Gasteiger partial charge in [-0.2, -0.15) is 13.5 Å². The predicted octanol–water partition coefficient (Wildman–Crippen LogP) is 5.27. The maximum absolute atomic E-state index is 11.2. The molecule has 0 saturated carbocycles. The van der Waals surface area contributed by atoms with Crippen molar-refractivity contribution in [2.75, 3.05) is 13.1 Å². The van der Waals surface area contributed by atoms with Gasteiger partial charge < -0.3 is 10.1 Å². The Kier molecular flexibility index (Phi) is 10.9. The second-order valence-electron chi connectivity index (χ2n) is 7.28. The van der Waals surface area contributed by atoms with Crippen molar-refractivity contribution in [2.45, 2.75) is 19.2 Å². The molecule has 0 spiro atoms. The van der Waals surface area contributed by atoms with Crippen LogP contribution in [0.2, 0.25) is 0 Å². The maximum atomic E-state index is 11.2. The number of non-ortho nitro benzene ring substituents is 1. The zero-order valence-corrected chi connectivity index (χ0v) is 20.5. The van der Waals surface area contributed by atoms with Crippen LogP contribution >= 0.6 is 29.4 Å². The first-order chi connectivity index (χ1) is 15.5. The fraction of sp³-hybridized carbons (Fsp3) is 0.208. The van der Waals surface area contributed by atoms with Crippen molar-refractivity contribution in [3.8, 4) is 0 Å². The number of rotatable bonds is 7. The molecule has 1 aliphatic heterocycles. The van der Waals surface area contributed by atoms with Gasteiger partial charge in [-0.1, -0.05) is 76.6 Å². The summed E-state index contributed by atoms with van der Waals surface area (Å²) < 4.78 is 6.12. The number of halogens is 1. The topological polar surface area (TPSA) is 84.7 Å². The van der Waals surface area contributed by atoms with E-state index < -0.39 is 4.92 Å². The first-order valence-electron chi connectivity index (χ1n) is 10.1. The largest absolute Gasteiger partial charge is 0.443 e. The third kappa shape index (κ3) is 9.25. The van der Waals surface area contributed by atoms with Gasteiger partial charge in [-0.15, -0.1) is 0 Å². The molecule has 1 N–H and O–H groups in total. The van der Waals surface area contributed by atoms with E-state index in [9.17, 15) is 14.9 Å². The van der Waals surface area contributed by atoms with Crippen LogP contribution in [-0.4, -0.2) is 35.1 Å². The molecular weight excluding hydrogens is 506 g/mol. The third-order valence-electron chi connectivity index (χ3n) is 4.75. The second-order valence-corrected chi connectivity index (χ2v) is 8.20. The molecule has 9 heteroatoms. The molecular formula is C24H26BrN3O4S. The Morgan fingerprint density at radius 3 is 1.88 bits per heavy atom. The highest BCUT2D eigenvalue weighted by Gasteiger charge is 2.24. The van der Waals surface area contributed by atoms with Gasteiger partial charge in [0.25, 0.3) is 5.69 Å². The highest BCUT2D eigenvalue weighted by atomic mass is 79.9. The Balaban J connectivity index is 0.000000297. The van der Waals surface area contributed by atoms with E-state index in [1.807, 2.05) is 36.4 Å². The number of ether oxygens (including phenoxy) is 1. The summed E-state index contributed by atoms with van der Waals surface area (Å²) in [7, 11) is 0. The summed E-state index contributed by atoms with van der Waals surface area (Å²) in [4.78, 5) is 23.2. The van der Waals surface area contributed by atoms with Crippen LogP contribution < -0.4 is 5.32 Å². The van der Waals surface area contributed by atoms with Crippen LogP contribution in [-0.2, 0) is 17.8 Å². The lowest BCUT2D eigenvalue weighted by atomic mass is 10.1. The standard InChI is InChI=1S/C18H20N2O2.C6H4BrNO2.H2S/c21-18-19-11-17(22-18)14-20(12-15-7-3-1-4-8-15)13-16-9-5-2-6-10-16;7-5-1-3-6(4-2-5)8(9)10;/h1-10,17H,11-14H2,(H,19,21);1-4H;1H2/t17-;;/m0../s1. The minimum Gasteiger partial charge on any atom is -0.443 e. The monoisotopic (exact) mass is 531 g/mol. The highest BCUT2D eigenvalue weighted by molar-refractivity contribution is 9.10. The van der Waals surface area contributed by atoms with Crippen LogP contribution in [0.1, 0.15) is 11.1 Å². The van der Waals surface area contributed by atoms with E-state index in [-0.39, 0.29) is 31.4 Å². The lowest BCUT2D eigenvalue weighted by Gasteiger charge is -2.24. The zero-order valence-electron chi connectivity index (χ0n) is 17.9. The van der Waals surface area contributed by atoms with E-state index >= 15 is 0 Å². The molecule has 0 bridgehead atoms.